The molecule has 17 heavy (non-hydrogen) atoms. The van der Waals surface area contributed by atoms with Crippen LogP contribution in [0.25, 0.3) is 0 Å². The van der Waals surface area contributed by atoms with E-state index in [0.29, 0.717) is 22.5 Å². The van der Waals surface area contributed by atoms with Gasteiger partial charge in [-0.3, -0.25) is 0 Å². The second-order valence-corrected chi connectivity index (χ2v) is 5.40. The van der Waals surface area contributed by atoms with Gasteiger partial charge < -0.3 is 4.74 Å². The molecular formula is C13H17Cl2NO. The first-order chi connectivity index (χ1) is 8.19. The van der Waals surface area contributed by atoms with E-state index in [9.17, 15) is 0 Å². The molecule has 0 N–H and O–H groups in total. The molecule has 2 nitrogen and oxygen atoms in total. The van der Waals surface area contributed by atoms with E-state index in [-0.39, 0.29) is 6.10 Å². The van der Waals surface area contributed by atoms with Gasteiger partial charge in [-0.15, -0.1) is 11.6 Å². The molecule has 0 bridgehead atoms. The minimum absolute atomic E-state index is 0.288. The first-order valence-corrected chi connectivity index (χ1v) is 6.98. The monoisotopic (exact) mass is 273 g/mol. The van der Waals surface area contributed by atoms with Gasteiger partial charge in [0.25, 0.3) is 0 Å². The SMILES string of the molecule is CC1CCCC(Oc2ccc(Cl)c(CCl)n2)C1. The van der Waals surface area contributed by atoms with Crippen LogP contribution in [0.1, 0.15) is 38.3 Å². The fraction of sp³-hybridized carbons (Fsp3) is 0.615. The molecule has 1 aromatic heterocycles. The molecule has 2 unspecified atom stereocenters. The maximum atomic E-state index is 5.96. The normalized spacial score (nSPS) is 24.6. The van der Waals surface area contributed by atoms with Crippen LogP contribution in [0.2, 0.25) is 5.02 Å². The lowest BCUT2D eigenvalue weighted by atomic mass is 9.89. The average molecular weight is 274 g/mol. The third-order valence-corrected chi connectivity index (χ3v) is 3.79. The lowest BCUT2D eigenvalue weighted by Crippen LogP contribution is -2.24. The van der Waals surface area contributed by atoms with Crippen LogP contribution in [0.5, 0.6) is 5.88 Å². The van der Waals surface area contributed by atoms with E-state index in [4.69, 9.17) is 27.9 Å². The molecule has 1 fully saturated rings. The van der Waals surface area contributed by atoms with E-state index in [1.54, 1.807) is 6.07 Å². The van der Waals surface area contributed by atoms with Crippen LogP contribution in [0.4, 0.5) is 0 Å². The van der Waals surface area contributed by atoms with Gasteiger partial charge in [0.15, 0.2) is 0 Å². The zero-order chi connectivity index (χ0) is 12.3. The summed E-state index contributed by atoms with van der Waals surface area (Å²) in [4.78, 5) is 4.32. The predicted octanol–water partition coefficient (Wildman–Crippen LogP) is 4.43. The number of nitrogens with zero attached hydrogens (tertiary/aromatic N) is 1. The van der Waals surface area contributed by atoms with Crippen molar-refractivity contribution in [3.05, 3.63) is 22.8 Å². The van der Waals surface area contributed by atoms with E-state index >= 15 is 0 Å². The van der Waals surface area contributed by atoms with E-state index in [2.05, 4.69) is 11.9 Å². The Bertz CT molecular complexity index is 384. The fourth-order valence-corrected chi connectivity index (χ4v) is 2.72. The quantitative estimate of drug-likeness (QED) is 0.760. The van der Waals surface area contributed by atoms with Crippen LogP contribution in [0, 0.1) is 5.92 Å². The molecule has 0 spiro atoms. The van der Waals surface area contributed by atoms with Crippen LogP contribution in [0.15, 0.2) is 12.1 Å². The second kappa shape index (κ2) is 5.92. The van der Waals surface area contributed by atoms with Gasteiger partial charge in [0, 0.05) is 6.07 Å². The maximum absolute atomic E-state index is 5.96. The van der Waals surface area contributed by atoms with Crippen molar-refractivity contribution in [1.82, 2.24) is 4.98 Å². The molecule has 4 heteroatoms. The van der Waals surface area contributed by atoms with Crippen LogP contribution < -0.4 is 4.74 Å². The Morgan fingerprint density at radius 1 is 1.41 bits per heavy atom. The number of aromatic nitrogens is 1. The molecule has 1 heterocycles. The minimum atomic E-state index is 0.288. The number of alkyl halides is 1. The summed E-state index contributed by atoms with van der Waals surface area (Å²) in [5.74, 6) is 1.70. The third-order valence-electron chi connectivity index (χ3n) is 3.20. The highest BCUT2D eigenvalue weighted by Gasteiger charge is 2.20. The van der Waals surface area contributed by atoms with Crippen LogP contribution in [-0.4, -0.2) is 11.1 Å². The van der Waals surface area contributed by atoms with Crippen LogP contribution in [-0.2, 0) is 5.88 Å². The van der Waals surface area contributed by atoms with E-state index in [0.717, 1.165) is 18.8 Å². The van der Waals surface area contributed by atoms with Crippen molar-refractivity contribution in [3.8, 4) is 5.88 Å². The summed E-state index contributed by atoms with van der Waals surface area (Å²) in [6.45, 7) is 2.27. The van der Waals surface area contributed by atoms with E-state index in [1.807, 2.05) is 6.07 Å². The molecular weight excluding hydrogens is 257 g/mol. The Hall–Kier alpha value is -0.470. The van der Waals surface area contributed by atoms with E-state index < -0.39 is 0 Å². The number of halogens is 2. The largest absolute Gasteiger partial charge is 0.474 e. The molecule has 0 saturated heterocycles. The number of pyridine rings is 1. The van der Waals surface area contributed by atoms with Gasteiger partial charge in [0.1, 0.15) is 6.10 Å². The second-order valence-electron chi connectivity index (χ2n) is 4.72. The summed E-state index contributed by atoms with van der Waals surface area (Å²) in [7, 11) is 0. The molecule has 1 saturated carbocycles. The molecule has 94 valence electrons. The van der Waals surface area contributed by atoms with Crippen molar-refractivity contribution in [2.24, 2.45) is 5.92 Å². The van der Waals surface area contributed by atoms with Gasteiger partial charge >= 0.3 is 0 Å². The summed E-state index contributed by atoms with van der Waals surface area (Å²) in [5.41, 5.74) is 0.690. The third kappa shape index (κ3) is 3.49. The number of ether oxygens (including phenoxy) is 1. The number of hydrogen-bond donors (Lipinski definition) is 0. The van der Waals surface area contributed by atoms with Crippen molar-refractivity contribution < 1.29 is 4.74 Å². The lowest BCUT2D eigenvalue weighted by molar-refractivity contribution is 0.124. The van der Waals surface area contributed by atoms with Crippen molar-refractivity contribution in [2.75, 3.05) is 0 Å². The predicted molar refractivity (Wildman–Crippen MR) is 70.9 cm³/mol. The molecule has 0 aliphatic heterocycles. The Balaban J connectivity index is 2.02. The van der Waals surface area contributed by atoms with Gasteiger partial charge in [0.05, 0.1) is 16.6 Å². The van der Waals surface area contributed by atoms with Crippen LogP contribution >= 0.6 is 23.2 Å². The Morgan fingerprint density at radius 2 is 2.24 bits per heavy atom. The Kier molecular flexibility index (Phi) is 4.52. The molecule has 1 aliphatic carbocycles. The maximum Gasteiger partial charge on any atom is 0.213 e. The van der Waals surface area contributed by atoms with Crippen LogP contribution in [0.3, 0.4) is 0 Å². The lowest BCUT2D eigenvalue weighted by Gasteiger charge is -2.27. The summed E-state index contributed by atoms with van der Waals surface area (Å²) in [6, 6.07) is 3.62. The molecule has 2 rings (SSSR count). The first-order valence-electron chi connectivity index (χ1n) is 6.07. The van der Waals surface area contributed by atoms with E-state index in [1.165, 1.54) is 12.8 Å². The molecule has 1 aliphatic rings. The van der Waals surface area contributed by atoms with Crippen molar-refractivity contribution in [1.29, 1.82) is 0 Å². The van der Waals surface area contributed by atoms with Gasteiger partial charge in [0.2, 0.25) is 5.88 Å². The Morgan fingerprint density at radius 3 is 2.94 bits per heavy atom. The van der Waals surface area contributed by atoms with Gasteiger partial charge in [-0.25, -0.2) is 4.98 Å². The molecule has 0 amide bonds. The Labute approximate surface area is 112 Å². The van der Waals surface area contributed by atoms with Crippen molar-refractivity contribution >= 4 is 23.2 Å². The zero-order valence-electron chi connectivity index (χ0n) is 9.96. The fourth-order valence-electron chi connectivity index (χ4n) is 2.28. The average Bonchev–Trinajstić information content (AvgIpc) is 2.32. The highest BCUT2D eigenvalue weighted by atomic mass is 35.5. The van der Waals surface area contributed by atoms with Crippen molar-refractivity contribution in [2.45, 2.75) is 44.6 Å². The highest BCUT2D eigenvalue weighted by molar-refractivity contribution is 6.32. The minimum Gasteiger partial charge on any atom is -0.474 e. The number of hydrogen-bond acceptors (Lipinski definition) is 2. The summed E-state index contributed by atoms with van der Waals surface area (Å²) < 4.78 is 5.89. The summed E-state index contributed by atoms with van der Waals surface area (Å²) in [6.07, 6.45) is 5.06. The first kappa shape index (κ1) is 13.0. The summed E-state index contributed by atoms with van der Waals surface area (Å²) in [5, 5.41) is 0.601. The zero-order valence-corrected chi connectivity index (χ0v) is 11.5. The van der Waals surface area contributed by atoms with Gasteiger partial charge in [-0.2, -0.15) is 0 Å². The number of rotatable bonds is 3. The topological polar surface area (TPSA) is 22.1 Å². The molecule has 0 radical (unpaired) electrons. The summed E-state index contributed by atoms with van der Waals surface area (Å²) >= 11 is 11.7. The standard InChI is InChI=1S/C13H17Cl2NO/c1-9-3-2-4-10(7-9)17-13-6-5-11(15)12(8-14)16-13/h5-6,9-10H,2-4,7-8H2,1H3. The molecule has 1 aromatic rings. The van der Waals surface area contributed by atoms with Crippen molar-refractivity contribution in [3.63, 3.8) is 0 Å². The highest BCUT2D eigenvalue weighted by Crippen LogP contribution is 2.27. The smallest absolute Gasteiger partial charge is 0.213 e. The van der Waals surface area contributed by atoms with Gasteiger partial charge in [-0.05, 0) is 31.2 Å². The van der Waals surface area contributed by atoms with Gasteiger partial charge in [-0.1, -0.05) is 24.9 Å². The molecule has 0 aromatic carbocycles. The molecule has 2 atom stereocenters.